The number of unbranched alkanes of at least 4 members (excludes halogenated alkanes) is 1. The molecule has 0 aliphatic carbocycles. The molecule has 0 bridgehead atoms. The Hall–Kier alpha value is -3.39. The lowest BCUT2D eigenvalue weighted by Crippen LogP contribution is -2.52. The Kier molecular flexibility index (Phi) is 9.51. The second-order valence-electron chi connectivity index (χ2n) is 7.11. The molecule has 2 unspecified atom stereocenters. The molecular weight excluding hydrogens is 398 g/mol. The van der Waals surface area contributed by atoms with Gasteiger partial charge in [0, 0.05) is 5.69 Å². The van der Waals surface area contributed by atoms with Crippen LogP contribution in [0.5, 0.6) is 0 Å². The number of hydrogen-bond donors (Lipinski definition) is 3. The summed E-state index contributed by atoms with van der Waals surface area (Å²) in [4.78, 5) is 38.5. The normalized spacial score (nSPS) is 12.5. The molecule has 0 radical (unpaired) electrons. The molecule has 2 amide bonds. The van der Waals surface area contributed by atoms with E-state index in [-0.39, 0.29) is 13.0 Å². The van der Waals surface area contributed by atoms with Crippen molar-refractivity contribution in [2.45, 2.75) is 44.9 Å². The standard InChI is InChI=1S/C23H29N3O5/c1-17(21(27)25-20(22(28)29)14-8-9-15-24)26(19-12-6-3-7-13-19)23(30)31-16-18-10-4-2-5-11-18/h2-7,10-13,17,20H,8-9,14-16,24H2,1H3,(H,25,27)(H,28,29). The first-order valence-corrected chi connectivity index (χ1v) is 10.2. The number of hydrogen-bond acceptors (Lipinski definition) is 5. The van der Waals surface area contributed by atoms with E-state index in [2.05, 4.69) is 5.32 Å². The fourth-order valence-electron chi connectivity index (χ4n) is 3.02. The van der Waals surface area contributed by atoms with E-state index in [1.54, 1.807) is 30.3 Å². The summed E-state index contributed by atoms with van der Waals surface area (Å²) in [6, 6.07) is 15.8. The monoisotopic (exact) mass is 427 g/mol. The summed E-state index contributed by atoms with van der Waals surface area (Å²) < 4.78 is 5.42. The van der Waals surface area contributed by atoms with Crippen molar-refractivity contribution >= 4 is 23.7 Å². The third kappa shape index (κ3) is 7.42. The molecule has 8 heteroatoms. The highest BCUT2D eigenvalue weighted by Gasteiger charge is 2.31. The van der Waals surface area contributed by atoms with Crippen molar-refractivity contribution in [1.29, 1.82) is 0 Å². The summed E-state index contributed by atoms with van der Waals surface area (Å²) in [5.41, 5.74) is 6.74. The lowest BCUT2D eigenvalue weighted by Gasteiger charge is -2.28. The highest BCUT2D eigenvalue weighted by atomic mass is 16.6. The van der Waals surface area contributed by atoms with Gasteiger partial charge in [0.2, 0.25) is 5.91 Å². The largest absolute Gasteiger partial charge is 0.480 e. The van der Waals surface area contributed by atoms with Gasteiger partial charge in [-0.3, -0.25) is 9.69 Å². The molecule has 0 aromatic heterocycles. The smallest absolute Gasteiger partial charge is 0.415 e. The van der Waals surface area contributed by atoms with Crippen LogP contribution in [0.2, 0.25) is 0 Å². The van der Waals surface area contributed by atoms with Gasteiger partial charge in [-0.2, -0.15) is 0 Å². The summed E-state index contributed by atoms with van der Waals surface area (Å²) in [7, 11) is 0. The van der Waals surface area contributed by atoms with Gasteiger partial charge in [-0.05, 0) is 50.4 Å². The molecule has 0 aliphatic heterocycles. The predicted octanol–water partition coefficient (Wildman–Crippen LogP) is 2.92. The molecule has 31 heavy (non-hydrogen) atoms. The Morgan fingerprint density at radius 3 is 2.23 bits per heavy atom. The number of anilines is 1. The van der Waals surface area contributed by atoms with Crippen LogP contribution in [0.15, 0.2) is 60.7 Å². The van der Waals surface area contributed by atoms with E-state index in [1.807, 2.05) is 30.3 Å². The summed E-state index contributed by atoms with van der Waals surface area (Å²) in [5, 5.41) is 12.0. The molecule has 0 saturated heterocycles. The highest BCUT2D eigenvalue weighted by molar-refractivity contribution is 5.98. The van der Waals surface area contributed by atoms with Crippen LogP contribution in [0.4, 0.5) is 10.5 Å². The minimum Gasteiger partial charge on any atom is -0.480 e. The van der Waals surface area contributed by atoms with Crippen LogP contribution in [-0.4, -0.2) is 41.7 Å². The second kappa shape index (κ2) is 12.3. The van der Waals surface area contributed by atoms with Gasteiger partial charge in [0.1, 0.15) is 18.7 Å². The highest BCUT2D eigenvalue weighted by Crippen LogP contribution is 2.19. The van der Waals surface area contributed by atoms with Gasteiger partial charge in [-0.1, -0.05) is 48.5 Å². The van der Waals surface area contributed by atoms with Crippen LogP contribution in [0, 0.1) is 0 Å². The van der Waals surface area contributed by atoms with Crippen LogP contribution >= 0.6 is 0 Å². The molecule has 2 aromatic rings. The molecule has 0 saturated carbocycles. The fourth-order valence-corrected chi connectivity index (χ4v) is 3.02. The van der Waals surface area contributed by atoms with Crippen molar-refractivity contribution in [3.8, 4) is 0 Å². The van der Waals surface area contributed by atoms with Crippen molar-refractivity contribution in [1.82, 2.24) is 5.32 Å². The van der Waals surface area contributed by atoms with E-state index >= 15 is 0 Å². The Balaban J connectivity index is 2.13. The van der Waals surface area contributed by atoms with Crippen LogP contribution < -0.4 is 16.0 Å². The molecule has 2 aromatic carbocycles. The minimum atomic E-state index is -1.13. The number of benzene rings is 2. The van der Waals surface area contributed by atoms with Gasteiger partial charge in [-0.25, -0.2) is 9.59 Å². The molecule has 8 nitrogen and oxygen atoms in total. The number of ether oxygens (including phenoxy) is 1. The number of carboxylic acids is 1. The second-order valence-corrected chi connectivity index (χ2v) is 7.11. The van der Waals surface area contributed by atoms with Gasteiger partial charge in [0.05, 0.1) is 0 Å². The molecule has 0 spiro atoms. The number of nitrogens with one attached hydrogen (secondary N) is 1. The predicted molar refractivity (Wildman–Crippen MR) is 117 cm³/mol. The molecule has 0 heterocycles. The Bertz CT molecular complexity index is 845. The maximum Gasteiger partial charge on any atom is 0.415 e. The van der Waals surface area contributed by atoms with Gasteiger partial charge >= 0.3 is 12.1 Å². The minimum absolute atomic E-state index is 0.0498. The quantitative estimate of drug-likeness (QED) is 0.474. The Morgan fingerprint density at radius 2 is 1.65 bits per heavy atom. The number of para-hydroxylation sites is 1. The number of rotatable bonds is 11. The first-order valence-electron chi connectivity index (χ1n) is 10.2. The van der Waals surface area contributed by atoms with Gasteiger partial charge in [0.15, 0.2) is 0 Å². The van der Waals surface area contributed by atoms with Crippen LogP contribution in [-0.2, 0) is 20.9 Å². The first kappa shape index (κ1) is 23.9. The third-order valence-electron chi connectivity index (χ3n) is 4.76. The van der Waals surface area contributed by atoms with Crippen LogP contribution in [0.3, 0.4) is 0 Å². The SMILES string of the molecule is CC(C(=O)NC(CCCCN)C(=O)O)N(C(=O)OCc1ccccc1)c1ccccc1. The van der Waals surface area contributed by atoms with E-state index < -0.39 is 30.1 Å². The molecule has 0 fully saturated rings. The number of carbonyl (C=O) groups is 3. The molecular formula is C23H29N3O5. The van der Waals surface area contributed by atoms with Crippen molar-refractivity contribution in [3.05, 3.63) is 66.2 Å². The Labute approximate surface area is 182 Å². The zero-order chi connectivity index (χ0) is 22.6. The maximum atomic E-state index is 12.9. The lowest BCUT2D eigenvalue weighted by atomic mass is 10.1. The van der Waals surface area contributed by atoms with E-state index in [1.165, 1.54) is 11.8 Å². The van der Waals surface area contributed by atoms with E-state index in [0.29, 0.717) is 25.1 Å². The fraction of sp³-hybridized carbons (Fsp3) is 0.348. The maximum absolute atomic E-state index is 12.9. The molecule has 0 aliphatic rings. The number of carbonyl (C=O) groups excluding carboxylic acids is 2. The average Bonchev–Trinajstić information content (AvgIpc) is 2.78. The number of carboxylic acid groups (broad SMARTS) is 1. The molecule has 166 valence electrons. The van der Waals surface area contributed by atoms with Crippen molar-refractivity contribution < 1.29 is 24.2 Å². The van der Waals surface area contributed by atoms with Crippen molar-refractivity contribution in [2.24, 2.45) is 5.73 Å². The molecule has 2 rings (SSSR count). The van der Waals surface area contributed by atoms with Gasteiger partial charge in [0.25, 0.3) is 0 Å². The van der Waals surface area contributed by atoms with E-state index in [4.69, 9.17) is 10.5 Å². The van der Waals surface area contributed by atoms with Gasteiger partial charge < -0.3 is 20.9 Å². The van der Waals surface area contributed by atoms with Crippen molar-refractivity contribution in [3.63, 3.8) is 0 Å². The van der Waals surface area contributed by atoms with E-state index in [9.17, 15) is 19.5 Å². The number of amides is 2. The zero-order valence-corrected chi connectivity index (χ0v) is 17.6. The lowest BCUT2D eigenvalue weighted by molar-refractivity contribution is -0.142. The Morgan fingerprint density at radius 1 is 1.03 bits per heavy atom. The number of aliphatic carboxylic acids is 1. The summed E-state index contributed by atoms with van der Waals surface area (Å²) in [6.07, 6.45) is 0.794. The first-order chi connectivity index (χ1) is 14.9. The summed E-state index contributed by atoms with van der Waals surface area (Å²) in [5.74, 6) is -1.71. The van der Waals surface area contributed by atoms with E-state index in [0.717, 1.165) is 5.56 Å². The van der Waals surface area contributed by atoms with Crippen molar-refractivity contribution in [2.75, 3.05) is 11.4 Å². The molecule has 4 N–H and O–H groups in total. The summed E-state index contributed by atoms with van der Waals surface area (Å²) in [6.45, 7) is 2.03. The number of nitrogens with zero attached hydrogens (tertiary/aromatic N) is 1. The van der Waals surface area contributed by atoms with Crippen LogP contribution in [0.25, 0.3) is 0 Å². The van der Waals surface area contributed by atoms with Gasteiger partial charge in [-0.15, -0.1) is 0 Å². The van der Waals surface area contributed by atoms with Crippen LogP contribution in [0.1, 0.15) is 31.7 Å². The topological polar surface area (TPSA) is 122 Å². The summed E-state index contributed by atoms with van der Waals surface area (Å²) >= 11 is 0. The average molecular weight is 428 g/mol. The zero-order valence-electron chi connectivity index (χ0n) is 17.6. The number of nitrogens with two attached hydrogens (primary N) is 1. The molecule has 2 atom stereocenters. The third-order valence-corrected chi connectivity index (χ3v) is 4.76.